The Hall–Kier alpha value is -2.20. The Morgan fingerprint density at radius 2 is 2.14 bits per heavy atom. The van der Waals surface area contributed by atoms with Crippen molar-refractivity contribution in [2.75, 3.05) is 13.1 Å². The largest absolute Gasteiger partial charge is 0.349 e. The van der Waals surface area contributed by atoms with Crippen LogP contribution in [0.1, 0.15) is 33.4 Å². The van der Waals surface area contributed by atoms with Crippen molar-refractivity contribution in [3.8, 4) is 0 Å². The van der Waals surface area contributed by atoms with Crippen LogP contribution >= 0.6 is 0 Å². The standard InChI is InChI=1S/C17H19N3O/c1-12-5-4-8-15(20-12)17(21)19-11-16-14-7-3-2-6-13(14)9-10-18-16/h2-8,16,18H,9-11H2,1H3,(H,19,21). The molecule has 0 bridgehead atoms. The summed E-state index contributed by atoms with van der Waals surface area (Å²) < 4.78 is 0. The van der Waals surface area contributed by atoms with E-state index < -0.39 is 0 Å². The lowest BCUT2D eigenvalue weighted by atomic mass is 9.94. The molecule has 1 aliphatic rings. The average Bonchev–Trinajstić information content (AvgIpc) is 2.52. The van der Waals surface area contributed by atoms with Crippen LogP contribution in [0.2, 0.25) is 0 Å². The van der Waals surface area contributed by atoms with Gasteiger partial charge in [0.05, 0.1) is 0 Å². The Morgan fingerprint density at radius 1 is 1.29 bits per heavy atom. The minimum atomic E-state index is -0.122. The minimum absolute atomic E-state index is 0.122. The molecule has 1 amide bonds. The highest BCUT2D eigenvalue weighted by Gasteiger charge is 2.19. The van der Waals surface area contributed by atoms with E-state index in [0.717, 1.165) is 18.7 Å². The Morgan fingerprint density at radius 3 is 3.00 bits per heavy atom. The molecule has 2 aromatic rings. The number of nitrogens with one attached hydrogen (secondary N) is 2. The maximum atomic E-state index is 12.2. The second-order valence-corrected chi connectivity index (χ2v) is 5.33. The summed E-state index contributed by atoms with van der Waals surface area (Å²) in [5, 5.41) is 6.43. The van der Waals surface area contributed by atoms with Crippen LogP contribution in [0.4, 0.5) is 0 Å². The number of aromatic nitrogens is 1. The first-order chi connectivity index (χ1) is 10.2. The summed E-state index contributed by atoms with van der Waals surface area (Å²) in [6, 6.07) is 14.0. The lowest BCUT2D eigenvalue weighted by Gasteiger charge is -2.27. The number of benzene rings is 1. The van der Waals surface area contributed by atoms with Gasteiger partial charge in [-0.15, -0.1) is 0 Å². The molecule has 2 heterocycles. The van der Waals surface area contributed by atoms with E-state index in [1.807, 2.05) is 25.1 Å². The van der Waals surface area contributed by atoms with Gasteiger partial charge in [0.1, 0.15) is 5.69 Å². The molecule has 1 unspecified atom stereocenters. The number of fused-ring (bicyclic) bond motifs is 1. The molecule has 108 valence electrons. The molecule has 0 fully saturated rings. The molecular weight excluding hydrogens is 262 g/mol. The summed E-state index contributed by atoms with van der Waals surface area (Å²) in [4.78, 5) is 16.4. The van der Waals surface area contributed by atoms with Gasteiger partial charge in [0.25, 0.3) is 5.91 Å². The summed E-state index contributed by atoms with van der Waals surface area (Å²) >= 11 is 0. The van der Waals surface area contributed by atoms with Crippen LogP contribution in [-0.2, 0) is 6.42 Å². The van der Waals surface area contributed by atoms with Crippen molar-refractivity contribution in [3.63, 3.8) is 0 Å². The second-order valence-electron chi connectivity index (χ2n) is 5.33. The summed E-state index contributed by atoms with van der Waals surface area (Å²) in [6.45, 7) is 3.40. The quantitative estimate of drug-likeness (QED) is 0.905. The van der Waals surface area contributed by atoms with Crippen LogP contribution in [0.25, 0.3) is 0 Å². The van der Waals surface area contributed by atoms with Gasteiger partial charge in [-0.1, -0.05) is 30.3 Å². The normalized spacial score (nSPS) is 17.1. The summed E-state index contributed by atoms with van der Waals surface area (Å²) in [5.41, 5.74) is 3.97. The van der Waals surface area contributed by atoms with E-state index in [0.29, 0.717) is 12.2 Å². The topological polar surface area (TPSA) is 54.0 Å². The zero-order valence-corrected chi connectivity index (χ0v) is 12.1. The van der Waals surface area contributed by atoms with Crippen LogP contribution in [0.15, 0.2) is 42.5 Å². The lowest BCUT2D eigenvalue weighted by molar-refractivity contribution is 0.0944. The predicted octanol–water partition coefficient (Wildman–Crippen LogP) is 2.01. The Bertz CT molecular complexity index is 654. The maximum absolute atomic E-state index is 12.2. The summed E-state index contributed by atoms with van der Waals surface area (Å²) in [7, 11) is 0. The first kappa shape index (κ1) is 13.8. The highest BCUT2D eigenvalue weighted by atomic mass is 16.1. The fourth-order valence-electron chi connectivity index (χ4n) is 2.73. The van der Waals surface area contributed by atoms with E-state index in [2.05, 4.69) is 33.8 Å². The molecule has 1 aliphatic heterocycles. The van der Waals surface area contributed by atoms with Gasteiger partial charge in [-0.3, -0.25) is 4.79 Å². The molecule has 21 heavy (non-hydrogen) atoms. The van der Waals surface area contributed by atoms with Crippen molar-refractivity contribution in [1.29, 1.82) is 0 Å². The van der Waals surface area contributed by atoms with Crippen molar-refractivity contribution in [2.24, 2.45) is 0 Å². The molecule has 0 saturated heterocycles. The van der Waals surface area contributed by atoms with Crippen molar-refractivity contribution < 1.29 is 4.79 Å². The lowest BCUT2D eigenvalue weighted by Crippen LogP contribution is -2.39. The van der Waals surface area contributed by atoms with Gasteiger partial charge in [0, 0.05) is 18.3 Å². The third-order valence-corrected chi connectivity index (χ3v) is 3.80. The maximum Gasteiger partial charge on any atom is 0.269 e. The van der Waals surface area contributed by atoms with Gasteiger partial charge in [-0.2, -0.15) is 0 Å². The SMILES string of the molecule is Cc1cccc(C(=O)NCC2NCCc3ccccc32)n1. The molecule has 1 aromatic carbocycles. The van der Waals surface area contributed by atoms with E-state index in [1.54, 1.807) is 6.07 Å². The highest BCUT2D eigenvalue weighted by molar-refractivity contribution is 5.92. The average molecular weight is 281 g/mol. The number of carbonyl (C=O) groups is 1. The van der Waals surface area contributed by atoms with Gasteiger partial charge in [0.15, 0.2) is 0 Å². The Labute approximate surface area is 124 Å². The van der Waals surface area contributed by atoms with Crippen molar-refractivity contribution in [3.05, 3.63) is 65.0 Å². The van der Waals surface area contributed by atoms with Gasteiger partial charge >= 0.3 is 0 Å². The highest BCUT2D eigenvalue weighted by Crippen LogP contribution is 2.21. The molecule has 1 atom stereocenters. The van der Waals surface area contributed by atoms with E-state index in [4.69, 9.17) is 0 Å². The molecule has 2 N–H and O–H groups in total. The van der Waals surface area contributed by atoms with E-state index in [1.165, 1.54) is 11.1 Å². The third-order valence-electron chi connectivity index (χ3n) is 3.80. The number of amides is 1. The third kappa shape index (κ3) is 3.11. The molecule has 3 rings (SSSR count). The van der Waals surface area contributed by atoms with Gasteiger partial charge in [0.2, 0.25) is 0 Å². The molecule has 1 aromatic heterocycles. The molecular formula is C17H19N3O. The minimum Gasteiger partial charge on any atom is -0.349 e. The fourth-order valence-corrected chi connectivity index (χ4v) is 2.73. The van der Waals surface area contributed by atoms with Crippen molar-refractivity contribution in [2.45, 2.75) is 19.4 Å². The van der Waals surface area contributed by atoms with Crippen molar-refractivity contribution in [1.82, 2.24) is 15.6 Å². The van der Waals surface area contributed by atoms with Crippen LogP contribution in [0.3, 0.4) is 0 Å². The van der Waals surface area contributed by atoms with Crippen LogP contribution in [0.5, 0.6) is 0 Å². The second kappa shape index (κ2) is 6.06. The number of carbonyl (C=O) groups excluding carboxylic acids is 1. The number of hydrogen-bond acceptors (Lipinski definition) is 3. The zero-order chi connectivity index (χ0) is 14.7. The zero-order valence-electron chi connectivity index (χ0n) is 12.1. The number of hydrogen-bond donors (Lipinski definition) is 2. The van der Waals surface area contributed by atoms with E-state index >= 15 is 0 Å². The molecule has 0 spiro atoms. The number of pyridine rings is 1. The molecule has 0 radical (unpaired) electrons. The Kier molecular flexibility index (Phi) is 3.97. The number of aryl methyl sites for hydroxylation is 1. The number of rotatable bonds is 3. The smallest absolute Gasteiger partial charge is 0.269 e. The van der Waals surface area contributed by atoms with Crippen molar-refractivity contribution >= 4 is 5.91 Å². The Balaban J connectivity index is 1.67. The first-order valence-electron chi connectivity index (χ1n) is 7.27. The molecule has 0 saturated carbocycles. The van der Waals surface area contributed by atoms with Crippen LogP contribution in [0, 0.1) is 6.92 Å². The molecule has 4 nitrogen and oxygen atoms in total. The predicted molar refractivity (Wildman–Crippen MR) is 82.2 cm³/mol. The summed E-state index contributed by atoms with van der Waals surface area (Å²) in [6.07, 6.45) is 1.04. The van der Waals surface area contributed by atoms with Gasteiger partial charge in [-0.05, 0) is 43.1 Å². The van der Waals surface area contributed by atoms with Crippen LogP contribution < -0.4 is 10.6 Å². The molecule has 4 heteroatoms. The first-order valence-corrected chi connectivity index (χ1v) is 7.27. The fraction of sp³-hybridized carbons (Fsp3) is 0.294. The van der Waals surface area contributed by atoms with Gasteiger partial charge in [-0.25, -0.2) is 4.98 Å². The summed E-state index contributed by atoms with van der Waals surface area (Å²) in [5.74, 6) is -0.122. The van der Waals surface area contributed by atoms with E-state index in [-0.39, 0.29) is 11.9 Å². The molecule has 0 aliphatic carbocycles. The number of nitrogens with zero attached hydrogens (tertiary/aromatic N) is 1. The van der Waals surface area contributed by atoms with E-state index in [9.17, 15) is 4.79 Å². The van der Waals surface area contributed by atoms with Gasteiger partial charge < -0.3 is 10.6 Å². The monoisotopic (exact) mass is 281 g/mol. The van der Waals surface area contributed by atoms with Crippen LogP contribution in [-0.4, -0.2) is 24.0 Å².